The molecule has 0 aliphatic heterocycles. The van der Waals surface area contributed by atoms with Crippen molar-refractivity contribution in [2.24, 2.45) is 0 Å². The highest BCUT2D eigenvalue weighted by Gasteiger charge is 2.14. The highest BCUT2D eigenvalue weighted by atomic mass is 16.5. The Balaban J connectivity index is 2.45. The van der Waals surface area contributed by atoms with Crippen LogP contribution in [-0.2, 0) is 4.79 Å². The van der Waals surface area contributed by atoms with Crippen LogP contribution in [0.2, 0.25) is 0 Å². The lowest BCUT2D eigenvalue weighted by atomic mass is 10.1. The summed E-state index contributed by atoms with van der Waals surface area (Å²) >= 11 is 0. The van der Waals surface area contributed by atoms with Crippen LogP contribution in [0.25, 0.3) is 0 Å². The van der Waals surface area contributed by atoms with Gasteiger partial charge >= 0.3 is 0 Å². The van der Waals surface area contributed by atoms with E-state index in [1.807, 2.05) is 26.0 Å². The van der Waals surface area contributed by atoms with Crippen molar-refractivity contribution in [2.45, 2.75) is 53.1 Å². The number of unbranched alkanes of at least 4 members (excludes halogenated alkanes) is 2. The molecule has 1 N–H and O–H groups in total. The van der Waals surface area contributed by atoms with E-state index in [4.69, 9.17) is 4.74 Å². The number of nitrogens with one attached hydrogen (secondary N) is 1. The van der Waals surface area contributed by atoms with Gasteiger partial charge in [0.1, 0.15) is 5.75 Å². The first-order valence-electron chi connectivity index (χ1n) is 7.06. The number of aryl methyl sites for hydroxylation is 2. The largest absolute Gasteiger partial charge is 0.481 e. The molecule has 1 aromatic carbocycles. The summed E-state index contributed by atoms with van der Waals surface area (Å²) in [5.74, 6) is 0.734. The Kier molecular flexibility index (Phi) is 6.40. The predicted octanol–water partition coefficient (Wildman–Crippen LogP) is 3.38. The Labute approximate surface area is 116 Å². The summed E-state index contributed by atoms with van der Waals surface area (Å²) in [5, 5.41) is 2.90. The van der Waals surface area contributed by atoms with Crippen LogP contribution in [0.15, 0.2) is 18.2 Å². The van der Waals surface area contributed by atoms with Crippen molar-refractivity contribution < 1.29 is 9.53 Å². The smallest absolute Gasteiger partial charge is 0.260 e. The van der Waals surface area contributed by atoms with Crippen molar-refractivity contribution in [2.75, 3.05) is 6.54 Å². The van der Waals surface area contributed by atoms with Gasteiger partial charge in [0.05, 0.1) is 0 Å². The van der Waals surface area contributed by atoms with Crippen LogP contribution >= 0.6 is 0 Å². The third-order valence-electron chi connectivity index (χ3n) is 3.08. The van der Waals surface area contributed by atoms with E-state index in [1.165, 1.54) is 5.56 Å². The van der Waals surface area contributed by atoms with Crippen molar-refractivity contribution in [3.05, 3.63) is 29.3 Å². The Morgan fingerprint density at radius 2 is 2.05 bits per heavy atom. The molecule has 0 unspecified atom stereocenters. The summed E-state index contributed by atoms with van der Waals surface area (Å²) in [4.78, 5) is 11.9. The molecule has 0 heterocycles. The van der Waals surface area contributed by atoms with Crippen LogP contribution in [0.1, 0.15) is 44.2 Å². The number of benzene rings is 1. The fourth-order valence-electron chi connectivity index (χ4n) is 1.91. The minimum absolute atomic E-state index is 0.0453. The van der Waals surface area contributed by atoms with E-state index in [9.17, 15) is 4.79 Å². The van der Waals surface area contributed by atoms with E-state index in [0.29, 0.717) is 0 Å². The molecule has 0 aromatic heterocycles. The second kappa shape index (κ2) is 7.82. The third-order valence-corrected chi connectivity index (χ3v) is 3.08. The molecule has 0 fully saturated rings. The second-order valence-corrected chi connectivity index (χ2v) is 5.03. The average Bonchev–Trinajstić information content (AvgIpc) is 2.37. The summed E-state index contributed by atoms with van der Waals surface area (Å²) in [6, 6.07) is 5.97. The Bertz CT molecular complexity index is 415. The van der Waals surface area contributed by atoms with Gasteiger partial charge in [0, 0.05) is 6.54 Å². The van der Waals surface area contributed by atoms with Crippen molar-refractivity contribution in [1.82, 2.24) is 5.32 Å². The third kappa shape index (κ3) is 5.33. The van der Waals surface area contributed by atoms with E-state index in [-0.39, 0.29) is 5.91 Å². The zero-order valence-electron chi connectivity index (χ0n) is 12.5. The molecule has 0 aliphatic rings. The molecule has 0 saturated heterocycles. The van der Waals surface area contributed by atoms with E-state index >= 15 is 0 Å². The highest BCUT2D eigenvalue weighted by molar-refractivity contribution is 5.80. The standard InChI is InChI=1S/C16H25NO2/c1-5-6-7-10-17-16(18)14(4)19-15-9-8-12(2)11-13(15)3/h8-9,11,14H,5-7,10H2,1-4H3,(H,17,18)/t14-/m1/s1. The molecule has 1 aromatic rings. The van der Waals surface area contributed by atoms with E-state index < -0.39 is 6.10 Å². The van der Waals surface area contributed by atoms with Crippen LogP contribution in [0, 0.1) is 13.8 Å². The number of hydrogen-bond acceptors (Lipinski definition) is 2. The van der Waals surface area contributed by atoms with Crippen LogP contribution in [-0.4, -0.2) is 18.6 Å². The molecule has 19 heavy (non-hydrogen) atoms. The molecule has 0 bridgehead atoms. The number of hydrogen-bond donors (Lipinski definition) is 1. The minimum Gasteiger partial charge on any atom is -0.481 e. The maximum Gasteiger partial charge on any atom is 0.260 e. The maximum absolute atomic E-state index is 11.9. The van der Waals surface area contributed by atoms with Crippen LogP contribution in [0.3, 0.4) is 0 Å². The zero-order chi connectivity index (χ0) is 14.3. The van der Waals surface area contributed by atoms with Crippen molar-refractivity contribution in [3.63, 3.8) is 0 Å². The normalized spacial score (nSPS) is 12.0. The first-order valence-corrected chi connectivity index (χ1v) is 7.06. The molecule has 1 atom stereocenters. The molecule has 106 valence electrons. The van der Waals surface area contributed by atoms with E-state index in [1.54, 1.807) is 6.92 Å². The molecule has 0 spiro atoms. The van der Waals surface area contributed by atoms with Gasteiger partial charge in [-0.25, -0.2) is 0 Å². The first-order chi connectivity index (χ1) is 9.04. The second-order valence-electron chi connectivity index (χ2n) is 5.03. The maximum atomic E-state index is 11.9. The van der Waals surface area contributed by atoms with Crippen molar-refractivity contribution >= 4 is 5.91 Å². The first kappa shape index (κ1) is 15.5. The van der Waals surface area contributed by atoms with E-state index in [2.05, 4.69) is 18.3 Å². The van der Waals surface area contributed by atoms with Crippen LogP contribution < -0.4 is 10.1 Å². The molecule has 0 radical (unpaired) electrons. The van der Waals surface area contributed by atoms with Crippen LogP contribution in [0.4, 0.5) is 0 Å². The molecule has 3 heteroatoms. The van der Waals surface area contributed by atoms with Gasteiger partial charge in [-0.2, -0.15) is 0 Å². The Morgan fingerprint density at radius 3 is 2.68 bits per heavy atom. The molecule has 3 nitrogen and oxygen atoms in total. The monoisotopic (exact) mass is 263 g/mol. The van der Waals surface area contributed by atoms with Crippen molar-refractivity contribution in [1.29, 1.82) is 0 Å². The number of rotatable bonds is 7. The average molecular weight is 263 g/mol. The topological polar surface area (TPSA) is 38.3 Å². The van der Waals surface area contributed by atoms with Gasteiger partial charge in [-0.05, 0) is 38.8 Å². The molecular formula is C16H25NO2. The Morgan fingerprint density at radius 1 is 1.32 bits per heavy atom. The fraction of sp³-hybridized carbons (Fsp3) is 0.562. The molecule has 1 rings (SSSR count). The molecular weight excluding hydrogens is 238 g/mol. The van der Waals surface area contributed by atoms with Gasteiger partial charge in [-0.15, -0.1) is 0 Å². The van der Waals surface area contributed by atoms with Gasteiger partial charge in [0.2, 0.25) is 0 Å². The van der Waals surface area contributed by atoms with Crippen molar-refractivity contribution in [3.8, 4) is 5.75 Å². The number of amides is 1. The van der Waals surface area contributed by atoms with Gasteiger partial charge in [-0.3, -0.25) is 4.79 Å². The number of carbonyl (C=O) groups excluding carboxylic acids is 1. The summed E-state index contributed by atoms with van der Waals surface area (Å²) in [6.07, 6.45) is 2.87. The molecule has 1 amide bonds. The van der Waals surface area contributed by atoms with Gasteiger partial charge < -0.3 is 10.1 Å². The lowest BCUT2D eigenvalue weighted by Gasteiger charge is -2.16. The summed E-state index contributed by atoms with van der Waals surface area (Å²) in [7, 11) is 0. The van der Waals surface area contributed by atoms with Gasteiger partial charge in [0.25, 0.3) is 5.91 Å². The summed E-state index contributed by atoms with van der Waals surface area (Å²) in [6.45, 7) is 8.70. The summed E-state index contributed by atoms with van der Waals surface area (Å²) < 4.78 is 5.71. The lowest BCUT2D eigenvalue weighted by Crippen LogP contribution is -2.36. The van der Waals surface area contributed by atoms with Gasteiger partial charge in [-0.1, -0.05) is 37.5 Å². The Hall–Kier alpha value is -1.51. The highest BCUT2D eigenvalue weighted by Crippen LogP contribution is 2.19. The zero-order valence-corrected chi connectivity index (χ0v) is 12.5. The fourth-order valence-corrected chi connectivity index (χ4v) is 1.91. The SMILES string of the molecule is CCCCCNC(=O)[C@@H](C)Oc1ccc(C)cc1C. The summed E-state index contributed by atoms with van der Waals surface area (Å²) in [5.41, 5.74) is 2.26. The van der Waals surface area contributed by atoms with Crippen LogP contribution in [0.5, 0.6) is 5.75 Å². The van der Waals surface area contributed by atoms with Gasteiger partial charge in [0.15, 0.2) is 6.10 Å². The molecule has 0 aliphatic carbocycles. The minimum atomic E-state index is -0.456. The van der Waals surface area contributed by atoms with E-state index in [0.717, 1.165) is 37.1 Å². The quantitative estimate of drug-likeness (QED) is 0.766. The molecule has 0 saturated carbocycles. The number of carbonyl (C=O) groups is 1. The predicted molar refractivity (Wildman–Crippen MR) is 78.5 cm³/mol. The number of ether oxygens (including phenoxy) is 1. The lowest BCUT2D eigenvalue weighted by molar-refractivity contribution is -0.127.